The van der Waals surface area contributed by atoms with Gasteiger partial charge in [0.25, 0.3) is 0 Å². The van der Waals surface area contributed by atoms with E-state index in [-0.39, 0.29) is 17.4 Å². The second-order valence-electron chi connectivity index (χ2n) is 7.17. The summed E-state index contributed by atoms with van der Waals surface area (Å²) in [5, 5.41) is 6.55. The van der Waals surface area contributed by atoms with E-state index in [9.17, 15) is 4.79 Å². The van der Waals surface area contributed by atoms with Gasteiger partial charge in [-0.05, 0) is 57.7 Å². The molecule has 0 aromatic heterocycles. The first-order valence-electron chi connectivity index (χ1n) is 8.26. The standard InChI is InChI=1S/C16H31N3O/c1-13(19-10-5-4-6-11-19)12-18-15(20)14-16(2,3)8-7-9-17-14/h13-14,17H,4-12H2,1-3H3,(H,18,20). The number of amides is 1. The molecule has 0 aromatic rings. The zero-order valence-corrected chi connectivity index (χ0v) is 13.4. The SMILES string of the molecule is CC(CNC(=O)C1NCCCC1(C)C)N1CCCCC1. The predicted molar refractivity (Wildman–Crippen MR) is 82.7 cm³/mol. The lowest BCUT2D eigenvalue weighted by Gasteiger charge is -2.39. The van der Waals surface area contributed by atoms with Gasteiger partial charge in [-0.2, -0.15) is 0 Å². The van der Waals surface area contributed by atoms with Crippen LogP contribution < -0.4 is 10.6 Å². The van der Waals surface area contributed by atoms with E-state index in [1.807, 2.05) is 0 Å². The molecule has 2 atom stereocenters. The molecule has 2 N–H and O–H groups in total. The van der Waals surface area contributed by atoms with E-state index in [1.54, 1.807) is 0 Å². The molecule has 2 unspecified atom stereocenters. The summed E-state index contributed by atoms with van der Waals surface area (Å²) >= 11 is 0. The summed E-state index contributed by atoms with van der Waals surface area (Å²) in [6.07, 6.45) is 6.25. The zero-order valence-electron chi connectivity index (χ0n) is 13.4. The van der Waals surface area contributed by atoms with Crippen molar-refractivity contribution in [3.8, 4) is 0 Å². The lowest BCUT2D eigenvalue weighted by Crippen LogP contribution is -2.57. The Hall–Kier alpha value is -0.610. The Labute approximate surface area is 123 Å². The van der Waals surface area contributed by atoms with Gasteiger partial charge in [0.05, 0.1) is 6.04 Å². The van der Waals surface area contributed by atoms with E-state index in [4.69, 9.17) is 0 Å². The molecule has 20 heavy (non-hydrogen) atoms. The molecular formula is C16H31N3O. The van der Waals surface area contributed by atoms with Gasteiger partial charge in [0.15, 0.2) is 0 Å². The minimum Gasteiger partial charge on any atom is -0.353 e. The summed E-state index contributed by atoms with van der Waals surface area (Å²) in [5.74, 6) is 0.179. The fourth-order valence-electron chi connectivity index (χ4n) is 3.50. The molecule has 0 aromatic carbocycles. The average molecular weight is 281 g/mol. The van der Waals surface area contributed by atoms with Crippen LogP contribution in [0.5, 0.6) is 0 Å². The molecule has 4 heteroatoms. The molecule has 2 aliphatic heterocycles. The molecule has 0 saturated carbocycles. The highest BCUT2D eigenvalue weighted by Gasteiger charge is 2.37. The van der Waals surface area contributed by atoms with Crippen LogP contribution in [-0.4, -0.2) is 49.1 Å². The van der Waals surface area contributed by atoms with Crippen molar-refractivity contribution in [2.45, 2.75) is 65.0 Å². The number of nitrogens with zero attached hydrogens (tertiary/aromatic N) is 1. The Morgan fingerprint density at radius 1 is 1.30 bits per heavy atom. The van der Waals surface area contributed by atoms with Gasteiger partial charge in [-0.15, -0.1) is 0 Å². The first-order valence-corrected chi connectivity index (χ1v) is 8.26. The van der Waals surface area contributed by atoms with Gasteiger partial charge in [-0.1, -0.05) is 20.3 Å². The molecule has 2 aliphatic rings. The molecule has 2 fully saturated rings. The van der Waals surface area contributed by atoms with Crippen LogP contribution >= 0.6 is 0 Å². The Bertz CT molecular complexity index is 324. The molecule has 0 aliphatic carbocycles. The fraction of sp³-hybridized carbons (Fsp3) is 0.938. The summed E-state index contributed by atoms with van der Waals surface area (Å²) in [5.41, 5.74) is 0.0662. The first kappa shape index (κ1) is 15.8. The van der Waals surface area contributed by atoms with Gasteiger partial charge in [-0.3, -0.25) is 9.69 Å². The highest BCUT2D eigenvalue weighted by atomic mass is 16.2. The number of carbonyl (C=O) groups excluding carboxylic acids is 1. The molecule has 2 saturated heterocycles. The number of nitrogens with one attached hydrogen (secondary N) is 2. The first-order chi connectivity index (χ1) is 9.50. The van der Waals surface area contributed by atoms with Crippen LogP contribution in [0.3, 0.4) is 0 Å². The third-order valence-corrected chi connectivity index (χ3v) is 4.98. The summed E-state index contributed by atoms with van der Waals surface area (Å²) < 4.78 is 0. The predicted octanol–water partition coefficient (Wildman–Crippen LogP) is 1.76. The second-order valence-corrected chi connectivity index (χ2v) is 7.17. The molecular weight excluding hydrogens is 250 g/mol. The van der Waals surface area contributed by atoms with Crippen LogP contribution in [0.1, 0.15) is 52.9 Å². The number of hydrogen-bond donors (Lipinski definition) is 2. The van der Waals surface area contributed by atoms with E-state index in [0.29, 0.717) is 6.04 Å². The third-order valence-electron chi connectivity index (χ3n) is 4.98. The normalized spacial score (nSPS) is 28.9. The second kappa shape index (κ2) is 6.90. The summed E-state index contributed by atoms with van der Waals surface area (Å²) in [6.45, 7) is 10.7. The smallest absolute Gasteiger partial charge is 0.237 e. The van der Waals surface area contributed by atoms with E-state index >= 15 is 0 Å². The van der Waals surface area contributed by atoms with E-state index < -0.39 is 0 Å². The van der Waals surface area contributed by atoms with Crippen LogP contribution in [-0.2, 0) is 4.79 Å². The van der Waals surface area contributed by atoms with Gasteiger partial charge >= 0.3 is 0 Å². The van der Waals surface area contributed by atoms with Gasteiger partial charge in [0, 0.05) is 12.6 Å². The Morgan fingerprint density at radius 3 is 2.65 bits per heavy atom. The summed E-state index contributed by atoms with van der Waals surface area (Å²) in [6, 6.07) is 0.413. The van der Waals surface area contributed by atoms with Crippen molar-refractivity contribution < 1.29 is 4.79 Å². The Kier molecular flexibility index (Phi) is 5.44. The number of likely N-dealkylation sites (tertiary alicyclic amines) is 1. The summed E-state index contributed by atoms with van der Waals surface area (Å²) in [4.78, 5) is 14.9. The van der Waals surface area contributed by atoms with Crippen LogP contribution in [0.2, 0.25) is 0 Å². The number of hydrogen-bond acceptors (Lipinski definition) is 3. The van der Waals surface area contributed by atoms with Gasteiger partial charge in [0.2, 0.25) is 5.91 Å². The fourth-order valence-corrected chi connectivity index (χ4v) is 3.50. The highest BCUT2D eigenvalue weighted by molar-refractivity contribution is 5.82. The van der Waals surface area contributed by atoms with Crippen LogP contribution in [0.25, 0.3) is 0 Å². The molecule has 0 radical (unpaired) electrons. The van der Waals surface area contributed by atoms with Crippen molar-refractivity contribution >= 4 is 5.91 Å². The maximum atomic E-state index is 12.4. The number of piperidine rings is 2. The molecule has 116 valence electrons. The number of carbonyl (C=O) groups is 1. The highest BCUT2D eigenvalue weighted by Crippen LogP contribution is 2.30. The average Bonchev–Trinajstić information content (AvgIpc) is 2.45. The summed E-state index contributed by atoms with van der Waals surface area (Å²) in [7, 11) is 0. The van der Waals surface area contributed by atoms with Crippen LogP contribution in [0.15, 0.2) is 0 Å². The van der Waals surface area contributed by atoms with Crippen molar-refractivity contribution in [1.82, 2.24) is 15.5 Å². The monoisotopic (exact) mass is 281 g/mol. The van der Waals surface area contributed by atoms with E-state index in [2.05, 4.69) is 36.3 Å². The topological polar surface area (TPSA) is 44.4 Å². The molecule has 0 bridgehead atoms. The van der Waals surface area contributed by atoms with Crippen molar-refractivity contribution in [3.05, 3.63) is 0 Å². The molecule has 2 heterocycles. The van der Waals surface area contributed by atoms with Crippen LogP contribution in [0, 0.1) is 5.41 Å². The molecule has 0 spiro atoms. The van der Waals surface area contributed by atoms with Crippen molar-refractivity contribution in [3.63, 3.8) is 0 Å². The maximum absolute atomic E-state index is 12.4. The lowest BCUT2D eigenvalue weighted by atomic mass is 9.77. The molecule has 1 amide bonds. The quantitative estimate of drug-likeness (QED) is 0.825. The number of rotatable bonds is 4. The van der Waals surface area contributed by atoms with E-state index in [0.717, 1.165) is 19.5 Å². The van der Waals surface area contributed by atoms with Gasteiger partial charge in [0.1, 0.15) is 0 Å². The Morgan fingerprint density at radius 2 is 2.00 bits per heavy atom. The zero-order chi connectivity index (χ0) is 14.6. The third kappa shape index (κ3) is 3.95. The molecule has 4 nitrogen and oxygen atoms in total. The maximum Gasteiger partial charge on any atom is 0.237 e. The lowest BCUT2D eigenvalue weighted by molar-refractivity contribution is -0.127. The minimum atomic E-state index is -0.0372. The van der Waals surface area contributed by atoms with Crippen molar-refractivity contribution in [2.24, 2.45) is 5.41 Å². The Balaban J connectivity index is 1.79. The van der Waals surface area contributed by atoms with Gasteiger partial charge < -0.3 is 10.6 Å². The van der Waals surface area contributed by atoms with E-state index in [1.165, 1.54) is 38.8 Å². The van der Waals surface area contributed by atoms with Gasteiger partial charge in [-0.25, -0.2) is 0 Å². The van der Waals surface area contributed by atoms with Crippen molar-refractivity contribution in [2.75, 3.05) is 26.2 Å². The van der Waals surface area contributed by atoms with Crippen molar-refractivity contribution in [1.29, 1.82) is 0 Å². The minimum absolute atomic E-state index is 0.0372. The molecule has 2 rings (SSSR count). The van der Waals surface area contributed by atoms with Crippen LogP contribution in [0.4, 0.5) is 0 Å². The largest absolute Gasteiger partial charge is 0.353 e.